The second-order valence-electron chi connectivity index (χ2n) is 7.43. The number of aromatic nitrogens is 2. The Balaban J connectivity index is 0.00000112. The molecule has 0 fully saturated rings. The quantitative estimate of drug-likeness (QED) is 0.358. The summed E-state index contributed by atoms with van der Waals surface area (Å²) >= 11 is 0. The lowest BCUT2D eigenvalue weighted by Crippen LogP contribution is -2.32. The Morgan fingerprint density at radius 3 is 2.68 bits per heavy atom. The number of esters is 1. The summed E-state index contributed by atoms with van der Waals surface area (Å²) in [6.45, 7) is 7.72. The number of aryl methyl sites for hydroxylation is 1. The van der Waals surface area contributed by atoms with Crippen LogP contribution in [-0.4, -0.2) is 20.6 Å². The highest BCUT2D eigenvalue weighted by Crippen LogP contribution is 2.40. The lowest BCUT2D eigenvalue weighted by Gasteiger charge is -2.21. The van der Waals surface area contributed by atoms with E-state index < -0.39 is 17.9 Å². The summed E-state index contributed by atoms with van der Waals surface area (Å²) in [6.07, 6.45) is -0.883. The Morgan fingerprint density at radius 2 is 2.00 bits per heavy atom. The fourth-order valence-corrected chi connectivity index (χ4v) is 4.37. The molecule has 5 rings (SSSR count). The maximum absolute atomic E-state index is 14.3. The topological polar surface area (TPSA) is 107 Å². The molecule has 2 aromatic heterocycles. The number of ether oxygens (including phenoxy) is 1. The Labute approximate surface area is 178 Å². The highest BCUT2D eigenvalue weighted by molar-refractivity contribution is 5.98. The van der Waals surface area contributed by atoms with Gasteiger partial charge in [0.25, 0.3) is 5.56 Å². The summed E-state index contributed by atoms with van der Waals surface area (Å²) < 4.78 is 20.8. The molecule has 0 aliphatic carbocycles. The first-order chi connectivity index (χ1) is 14.8. The minimum atomic E-state index is -1.51. The monoisotopic (exact) mass is 425 g/mol. The normalized spacial score (nSPS) is 16.2. The molecule has 1 atom stereocenters. The molecule has 31 heavy (non-hydrogen) atoms. The number of nitrogens with zero attached hydrogens (tertiary/aromatic N) is 2. The van der Waals surface area contributed by atoms with Gasteiger partial charge in [-0.3, -0.25) is 4.79 Å². The lowest BCUT2D eigenvalue weighted by atomic mass is 9.95. The number of anilines is 1. The van der Waals surface area contributed by atoms with Crippen LogP contribution in [0, 0.1) is 12.7 Å². The molecule has 0 amide bonds. The molecule has 0 saturated heterocycles. The summed E-state index contributed by atoms with van der Waals surface area (Å²) in [5, 5.41) is 10.9. The van der Waals surface area contributed by atoms with Crippen molar-refractivity contribution >= 4 is 22.6 Å². The number of hydrogen-bond donors (Lipinski definition) is 2. The summed E-state index contributed by atoms with van der Waals surface area (Å²) in [4.78, 5) is 29.4. The summed E-state index contributed by atoms with van der Waals surface area (Å²) in [5.41, 5.74) is 10.3. The molecule has 2 aliphatic rings. The first kappa shape index (κ1) is 21.0. The first-order valence-electron chi connectivity index (χ1n) is 10.3. The first-order valence-corrected chi connectivity index (χ1v) is 10.3. The lowest BCUT2D eigenvalue weighted by molar-refractivity contribution is -0.157. The summed E-state index contributed by atoms with van der Waals surface area (Å²) in [5.74, 6) is -1.23. The van der Waals surface area contributed by atoms with Crippen molar-refractivity contribution < 1.29 is 19.0 Å². The van der Waals surface area contributed by atoms with Gasteiger partial charge in [0.2, 0.25) is 0 Å². The SMILES string of the molecule is CC.CCc1c2c(nc3cc(F)c(C)c(N)c13)-c1cc3c(c(=O)n1C2)COC(=O)C3O. The fraction of sp³-hybridized carbons (Fsp3) is 0.348. The van der Waals surface area contributed by atoms with Crippen molar-refractivity contribution in [1.29, 1.82) is 0 Å². The second-order valence-corrected chi connectivity index (χ2v) is 7.43. The molecular formula is C23H24FN3O4. The van der Waals surface area contributed by atoms with Gasteiger partial charge in [0, 0.05) is 33.8 Å². The number of benzene rings is 1. The van der Waals surface area contributed by atoms with Gasteiger partial charge in [0.05, 0.1) is 29.0 Å². The van der Waals surface area contributed by atoms with E-state index in [2.05, 4.69) is 4.98 Å². The van der Waals surface area contributed by atoms with E-state index in [4.69, 9.17) is 10.5 Å². The molecule has 1 unspecified atom stereocenters. The van der Waals surface area contributed by atoms with Crippen LogP contribution in [0.2, 0.25) is 0 Å². The van der Waals surface area contributed by atoms with E-state index in [0.29, 0.717) is 46.5 Å². The van der Waals surface area contributed by atoms with Crippen molar-refractivity contribution in [3.8, 4) is 11.4 Å². The van der Waals surface area contributed by atoms with Gasteiger partial charge in [-0.2, -0.15) is 0 Å². The molecule has 0 spiro atoms. The zero-order chi connectivity index (χ0) is 22.6. The molecule has 0 radical (unpaired) electrons. The van der Waals surface area contributed by atoms with Gasteiger partial charge in [-0.1, -0.05) is 20.8 Å². The van der Waals surface area contributed by atoms with Crippen LogP contribution in [0.15, 0.2) is 16.9 Å². The Bertz CT molecular complexity index is 1310. The van der Waals surface area contributed by atoms with Crippen molar-refractivity contribution in [2.24, 2.45) is 0 Å². The average molecular weight is 425 g/mol. The summed E-state index contributed by atoms with van der Waals surface area (Å²) in [7, 11) is 0. The van der Waals surface area contributed by atoms with Crippen LogP contribution >= 0.6 is 0 Å². The largest absolute Gasteiger partial charge is 0.458 e. The van der Waals surface area contributed by atoms with Crippen LogP contribution in [-0.2, 0) is 29.1 Å². The standard InChI is InChI=1S/C21H18FN3O4.C2H6/c1-3-9-11-6-25-15(4-10-12(20(25)27)7-29-21(28)19(10)26)18(11)24-14-5-13(22)8(2)17(23)16(9)14;1-2/h4-5,19,26H,3,6-7,23H2,1-2H3;1-2H3. The van der Waals surface area contributed by atoms with Crippen LogP contribution in [0.3, 0.4) is 0 Å². The highest BCUT2D eigenvalue weighted by Gasteiger charge is 2.34. The molecule has 1 aromatic carbocycles. The molecule has 7 nitrogen and oxygen atoms in total. The molecule has 3 N–H and O–H groups in total. The molecule has 162 valence electrons. The van der Waals surface area contributed by atoms with E-state index in [-0.39, 0.29) is 23.3 Å². The number of cyclic esters (lactones) is 1. The van der Waals surface area contributed by atoms with Crippen LogP contribution in [0.5, 0.6) is 0 Å². The zero-order valence-electron chi connectivity index (χ0n) is 17.9. The maximum atomic E-state index is 14.3. The number of carbonyl (C=O) groups is 1. The number of carbonyl (C=O) groups excluding carboxylic acids is 1. The number of rotatable bonds is 1. The molecule has 3 aromatic rings. The van der Waals surface area contributed by atoms with Gasteiger partial charge in [-0.15, -0.1) is 0 Å². The number of hydrogen-bond acceptors (Lipinski definition) is 6. The number of aliphatic hydroxyl groups is 1. The average Bonchev–Trinajstić information content (AvgIpc) is 3.14. The third-order valence-electron chi connectivity index (χ3n) is 5.96. The van der Waals surface area contributed by atoms with Crippen molar-refractivity contribution in [2.75, 3.05) is 5.73 Å². The zero-order valence-corrected chi connectivity index (χ0v) is 17.9. The highest BCUT2D eigenvalue weighted by atomic mass is 19.1. The Kier molecular flexibility index (Phi) is 5.05. The smallest absolute Gasteiger partial charge is 0.340 e. The van der Waals surface area contributed by atoms with Gasteiger partial charge < -0.3 is 20.1 Å². The van der Waals surface area contributed by atoms with Gasteiger partial charge in [0.15, 0.2) is 6.10 Å². The second kappa shape index (κ2) is 7.46. The van der Waals surface area contributed by atoms with E-state index in [0.717, 1.165) is 11.1 Å². The molecule has 0 saturated carbocycles. The van der Waals surface area contributed by atoms with Crippen LogP contribution in [0.1, 0.15) is 54.7 Å². The van der Waals surface area contributed by atoms with E-state index >= 15 is 0 Å². The van der Waals surface area contributed by atoms with Gasteiger partial charge >= 0.3 is 5.97 Å². The van der Waals surface area contributed by atoms with Gasteiger partial charge in [-0.25, -0.2) is 14.2 Å². The number of fused-ring (bicyclic) bond motifs is 5. The number of halogens is 1. The van der Waals surface area contributed by atoms with Crippen molar-refractivity contribution in [3.63, 3.8) is 0 Å². The summed E-state index contributed by atoms with van der Waals surface area (Å²) in [6, 6.07) is 2.96. The molecule has 4 heterocycles. The minimum Gasteiger partial charge on any atom is -0.458 e. The fourth-order valence-electron chi connectivity index (χ4n) is 4.37. The Morgan fingerprint density at radius 1 is 1.29 bits per heavy atom. The van der Waals surface area contributed by atoms with Gasteiger partial charge in [0.1, 0.15) is 12.4 Å². The molecular weight excluding hydrogens is 401 g/mol. The van der Waals surface area contributed by atoms with Crippen LogP contribution in [0.4, 0.5) is 10.1 Å². The third-order valence-corrected chi connectivity index (χ3v) is 5.96. The van der Waals surface area contributed by atoms with Gasteiger partial charge in [-0.05, 0) is 25.0 Å². The molecule has 8 heteroatoms. The molecule has 0 bridgehead atoms. The number of aliphatic hydroxyl groups excluding tert-OH is 1. The number of pyridine rings is 2. The maximum Gasteiger partial charge on any atom is 0.340 e. The van der Waals surface area contributed by atoms with Crippen molar-refractivity contribution in [1.82, 2.24) is 9.55 Å². The number of nitrogens with two attached hydrogens (primary N) is 1. The van der Waals surface area contributed by atoms with E-state index in [1.807, 2.05) is 20.8 Å². The van der Waals surface area contributed by atoms with E-state index in [9.17, 15) is 19.1 Å². The van der Waals surface area contributed by atoms with Crippen molar-refractivity contribution in [3.05, 3.63) is 56.1 Å². The predicted octanol–water partition coefficient (Wildman–Crippen LogP) is 3.13. The van der Waals surface area contributed by atoms with Crippen LogP contribution in [0.25, 0.3) is 22.3 Å². The minimum absolute atomic E-state index is 0.173. The van der Waals surface area contributed by atoms with E-state index in [1.165, 1.54) is 6.07 Å². The Hall–Kier alpha value is -3.26. The van der Waals surface area contributed by atoms with Crippen LogP contribution < -0.4 is 11.3 Å². The van der Waals surface area contributed by atoms with E-state index in [1.54, 1.807) is 17.6 Å². The predicted molar refractivity (Wildman–Crippen MR) is 115 cm³/mol. The third kappa shape index (κ3) is 2.85. The molecule has 2 aliphatic heterocycles. The van der Waals surface area contributed by atoms with Crippen molar-refractivity contribution in [2.45, 2.75) is 53.4 Å². The number of nitrogen functional groups attached to an aromatic ring is 1.